The highest BCUT2D eigenvalue weighted by molar-refractivity contribution is 7.92. The predicted octanol–water partition coefficient (Wildman–Crippen LogP) is 0.246. The Kier molecular flexibility index (Phi) is 4.44. The largest absolute Gasteiger partial charge is 0.390 e. The van der Waals surface area contributed by atoms with Crippen LogP contribution in [0, 0.1) is 0 Å². The second-order valence-corrected chi connectivity index (χ2v) is 9.46. The van der Waals surface area contributed by atoms with Crippen molar-refractivity contribution in [2.24, 2.45) is 0 Å². The standard InChI is InChI=1S/C13H19NO5S2/c1-9(2)10-3-5-11(6-4-10)21(18,19)14-12-7-20(16,17)8-13(12)15/h3-6,9,12-15H,7-8H2,1-2H3/t12-,13+/m1/s1. The summed E-state index contributed by atoms with van der Waals surface area (Å²) in [4.78, 5) is 0.0587. The lowest BCUT2D eigenvalue weighted by molar-refractivity contribution is 0.176. The fourth-order valence-corrected chi connectivity index (χ4v) is 5.36. The third kappa shape index (κ3) is 3.82. The summed E-state index contributed by atoms with van der Waals surface area (Å²) in [7, 11) is -7.24. The van der Waals surface area contributed by atoms with Crippen LogP contribution in [0.5, 0.6) is 0 Å². The predicted molar refractivity (Wildman–Crippen MR) is 79.3 cm³/mol. The van der Waals surface area contributed by atoms with Crippen LogP contribution >= 0.6 is 0 Å². The molecule has 21 heavy (non-hydrogen) atoms. The molecular weight excluding hydrogens is 314 g/mol. The molecule has 0 aliphatic carbocycles. The van der Waals surface area contributed by atoms with Crippen molar-refractivity contribution in [3.05, 3.63) is 29.8 Å². The van der Waals surface area contributed by atoms with Gasteiger partial charge in [0.15, 0.2) is 9.84 Å². The number of hydrogen-bond acceptors (Lipinski definition) is 5. The summed E-state index contributed by atoms with van der Waals surface area (Å²) < 4.78 is 49.5. The van der Waals surface area contributed by atoms with Crippen molar-refractivity contribution in [2.45, 2.75) is 36.8 Å². The maximum absolute atomic E-state index is 12.2. The molecule has 0 aromatic heterocycles. The van der Waals surface area contributed by atoms with Crippen molar-refractivity contribution in [3.8, 4) is 0 Å². The Hall–Kier alpha value is -0.960. The first kappa shape index (κ1) is 16.4. The molecule has 8 heteroatoms. The van der Waals surface area contributed by atoms with Crippen LogP contribution in [-0.2, 0) is 19.9 Å². The molecule has 2 N–H and O–H groups in total. The lowest BCUT2D eigenvalue weighted by Crippen LogP contribution is -2.42. The molecule has 6 nitrogen and oxygen atoms in total. The molecular formula is C13H19NO5S2. The highest BCUT2D eigenvalue weighted by Gasteiger charge is 2.38. The van der Waals surface area contributed by atoms with E-state index in [4.69, 9.17) is 0 Å². The van der Waals surface area contributed by atoms with Gasteiger partial charge in [-0.15, -0.1) is 0 Å². The summed E-state index contributed by atoms with van der Waals surface area (Å²) in [5, 5.41) is 9.65. The quantitative estimate of drug-likeness (QED) is 0.822. The maximum atomic E-state index is 12.2. The van der Waals surface area contributed by atoms with Gasteiger partial charge in [0.05, 0.1) is 28.5 Å². The highest BCUT2D eigenvalue weighted by Crippen LogP contribution is 2.19. The summed E-state index contributed by atoms with van der Waals surface area (Å²) in [6, 6.07) is 5.41. The van der Waals surface area contributed by atoms with E-state index in [9.17, 15) is 21.9 Å². The van der Waals surface area contributed by atoms with Gasteiger partial charge in [0.1, 0.15) is 0 Å². The van der Waals surface area contributed by atoms with Crippen molar-refractivity contribution in [1.82, 2.24) is 4.72 Å². The van der Waals surface area contributed by atoms with Crippen LogP contribution in [0.4, 0.5) is 0 Å². The molecule has 1 aliphatic rings. The molecule has 0 amide bonds. The molecule has 118 valence electrons. The van der Waals surface area contributed by atoms with Crippen molar-refractivity contribution >= 4 is 19.9 Å². The van der Waals surface area contributed by atoms with Gasteiger partial charge in [0.25, 0.3) is 0 Å². The summed E-state index contributed by atoms with van der Waals surface area (Å²) >= 11 is 0. The monoisotopic (exact) mass is 333 g/mol. The second kappa shape index (κ2) is 5.68. The first-order valence-electron chi connectivity index (χ1n) is 6.61. The van der Waals surface area contributed by atoms with Crippen LogP contribution < -0.4 is 4.72 Å². The molecule has 1 fully saturated rings. The summed E-state index contributed by atoms with van der Waals surface area (Å²) in [5.41, 5.74) is 1.01. The summed E-state index contributed by atoms with van der Waals surface area (Å²) in [6.45, 7) is 4.00. The van der Waals surface area contributed by atoms with Crippen LogP contribution in [-0.4, -0.2) is 45.6 Å². The van der Waals surface area contributed by atoms with Crippen LogP contribution in [0.3, 0.4) is 0 Å². The fraction of sp³-hybridized carbons (Fsp3) is 0.538. The smallest absolute Gasteiger partial charge is 0.240 e. The molecule has 1 heterocycles. The zero-order chi connectivity index (χ0) is 15.8. The zero-order valence-corrected chi connectivity index (χ0v) is 13.5. The minimum Gasteiger partial charge on any atom is -0.390 e. The van der Waals surface area contributed by atoms with E-state index in [1.807, 2.05) is 13.8 Å². The average Bonchev–Trinajstić information content (AvgIpc) is 2.61. The van der Waals surface area contributed by atoms with Crippen LogP contribution in [0.1, 0.15) is 25.3 Å². The number of rotatable bonds is 4. The first-order chi connectivity index (χ1) is 9.61. The van der Waals surface area contributed by atoms with Gasteiger partial charge in [-0.2, -0.15) is 0 Å². The molecule has 0 spiro atoms. The van der Waals surface area contributed by atoms with Crippen molar-refractivity contribution in [2.75, 3.05) is 11.5 Å². The fourth-order valence-electron chi connectivity index (χ4n) is 2.24. The van der Waals surface area contributed by atoms with E-state index < -0.39 is 37.8 Å². The Bertz CT molecular complexity index is 707. The Morgan fingerprint density at radius 1 is 1.19 bits per heavy atom. The zero-order valence-electron chi connectivity index (χ0n) is 11.9. The number of sulfonamides is 1. The first-order valence-corrected chi connectivity index (χ1v) is 9.92. The molecule has 1 aromatic carbocycles. The Labute approximate surface area is 125 Å². The minimum absolute atomic E-state index is 0.0587. The average molecular weight is 333 g/mol. The van der Waals surface area contributed by atoms with Gasteiger partial charge in [-0.05, 0) is 23.6 Å². The van der Waals surface area contributed by atoms with E-state index in [0.29, 0.717) is 0 Å². The number of aliphatic hydroxyl groups is 1. The number of benzene rings is 1. The molecule has 0 saturated carbocycles. The molecule has 2 rings (SSSR count). The Balaban J connectivity index is 2.19. The second-order valence-electron chi connectivity index (χ2n) is 5.60. The van der Waals surface area contributed by atoms with Crippen molar-refractivity contribution in [1.29, 1.82) is 0 Å². The third-order valence-electron chi connectivity index (χ3n) is 3.49. The van der Waals surface area contributed by atoms with E-state index >= 15 is 0 Å². The van der Waals surface area contributed by atoms with Crippen molar-refractivity contribution in [3.63, 3.8) is 0 Å². The molecule has 1 saturated heterocycles. The summed E-state index contributed by atoms with van der Waals surface area (Å²) in [5.74, 6) is -0.499. The van der Waals surface area contributed by atoms with Gasteiger partial charge < -0.3 is 5.11 Å². The molecule has 0 unspecified atom stereocenters. The van der Waals surface area contributed by atoms with E-state index in [2.05, 4.69) is 4.72 Å². The molecule has 1 aromatic rings. The van der Waals surface area contributed by atoms with Gasteiger partial charge in [-0.1, -0.05) is 26.0 Å². The van der Waals surface area contributed by atoms with Gasteiger partial charge in [-0.3, -0.25) is 0 Å². The third-order valence-corrected chi connectivity index (χ3v) is 6.71. The number of hydrogen-bond donors (Lipinski definition) is 2. The van der Waals surface area contributed by atoms with E-state index in [0.717, 1.165) is 5.56 Å². The normalized spacial score (nSPS) is 25.3. The maximum Gasteiger partial charge on any atom is 0.240 e. The van der Waals surface area contributed by atoms with E-state index in [1.165, 1.54) is 12.1 Å². The van der Waals surface area contributed by atoms with Gasteiger partial charge in [0, 0.05) is 0 Å². The molecule has 2 atom stereocenters. The SMILES string of the molecule is CC(C)c1ccc(S(=O)(=O)N[C@@H]2CS(=O)(=O)C[C@@H]2O)cc1. The topological polar surface area (TPSA) is 101 Å². The lowest BCUT2D eigenvalue weighted by Gasteiger charge is -2.15. The molecule has 1 aliphatic heterocycles. The van der Waals surface area contributed by atoms with E-state index in [-0.39, 0.29) is 16.6 Å². The Morgan fingerprint density at radius 3 is 2.19 bits per heavy atom. The molecule has 0 radical (unpaired) electrons. The van der Waals surface area contributed by atoms with Crippen LogP contribution in [0.15, 0.2) is 29.2 Å². The number of sulfone groups is 1. The highest BCUT2D eigenvalue weighted by atomic mass is 32.2. The van der Waals surface area contributed by atoms with Gasteiger partial charge in [0.2, 0.25) is 10.0 Å². The Morgan fingerprint density at radius 2 is 1.76 bits per heavy atom. The number of aliphatic hydroxyl groups excluding tert-OH is 1. The number of nitrogens with one attached hydrogen (secondary N) is 1. The van der Waals surface area contributed by atoms with Gasteiger partial charge >= 0.3 is 0 Å². The van der Waals surface area contributed by atoms with Crippen molar-refractivity contribution < 1.29 is 21.9 Å². The molecule has 0 bridgehead atoms. The lowest BCUT2D eigenvalue weighted by atomic mass is 10.0. The van der Waals surface area contributed by atoms with Gasteiger partial charge in [-0.25, -0.2) is 21.6 Å². The summed E-state index contributed by atoms with van der Waals surface area (Å²) in [6.07, 6.45) is -1.21. The van der Waals surface area contributed by atoms with Crippen LogP contribution in [0.2, 0.25) is 0 Å². The van der Waals surface area contributed by atoms with E-state index in [1.54, 1.807) is 12.1 Å². The minimum atomic E-state index is -3.84. The van der Waals surface area contributed by atoms with Crippen LogP contribution in [0.25, 0.3) is 0 Å².